The van der Waals surface area contributed by atoms with Gasteiger partial charge in [0.05, 0.1) is 6.10 Å². The van der Waals surface area contributed by atoms with E-state index in [0.29, 0.717) is 24.5 Å². The average Bonchev–Trinajstić information content (AvgIpc) is 2.65. The molecular formula is C17H19NO3. The Labute approximate surface area is 124 Å². The highest BCUT2D eigenvalue weighted by Gasteiger charge is 2.23. The molecule has 2 atom stereocenters. The van der Waals surface area contributed by atoms with Crippen molar-refractivity contribution in [3.63, 3.8) is 0 Å². The number of aliphatic hydroxyl groups is 2. The monoisotopic (exact) mass is 285 g/mol. The lowest BCUT2D eigenvalue weighted by molar-refractivity contribution is 0.176. The summed E-state index contributed by atoms with van der Waals surface area (Å²) in [6.45, 7) is 0.908. The van der Waals surface area contributed by atoms with Gasteiger partial charge in [-0.1, -0.05) is 30.3 Å². The van der Waals surface area contributed by atoms with Crippen LogP contribution >= 0.6 is 0 Å². The first-order valence-electron chi connectivity index (χ1n) is 7.06. The Balaban J connectivity index is 2.02. The third-order valence-corrected chi connectivity index (χ3v) is 3.84. The molecule has 0 saturated heterocycles. The summed E-state index contributed by atoms with van der Waals surface area (Å²) >= 11 is 0. The maximum absolute atomic E-state index is 10.7. The van der Waals surface area contributed by atoms with E-state index < -0.39 is 12.2 Å². The topological polar surface area (TPSA) is 61.7 Å². The number of aliphatic hydroxyl groups excluding tert-OH is 2. The normalized spacial score (nSPS) is 18.1. The molecule has 4 heteroatoms. The zero-order valence-electron chi connectivity index (χ0n) is 11.9. The molecule has 1 aliphatic rings. The molecule has 0 aromatic heterocycles. The minimum absolute atomic E-state index is 0.443. The van der Waals surface area contributed by atoms with Crippen LogP contribution < -0.4 is 10.1 Å². The quantitative estimate of drug-likeness (QED) is 0.806. The van der Waals surface area contributed by atoms with Gasteiger partial charge in [-0.25, -0.2) is 0 Å². The van der Waals surface area contributed by atoms with E-state index >= 15 is 0 Å². The van der Waals surface area contributed by atoms with Crippen molar-refractivity contribution in [2.24, 2.45) is 0 Å². The largest absolute Gasteiger partial charge is 0.488 e. The number of benzene rings is 2. The Morgan fingerprint density at radius 1 is 1.24 bits per heavy atom. The molecule has 0 fully saturated rings. The first kappa shape index (κ1) is 14.1. The van der Waals surface area contributed by atoms with Crippen molar-refractivity contribution in [3.8, 4) is 5.75 Å². The van der Waals surface area contributed by atoms with E-state index in [-0.39, 0.29) is 0 Å². The molecule has 0 radical (unpaired) electrons. The predicted molar refractivity (Wildman–Crippen MR) is 80.2 cm³/mol. The molecule has 1 aliphatic heterocycles. The SMILES string of the molecule is CNCC(O)c1ccc2c(c1)C(O)c1ccccc1CO2. The molecule has 2 aromatic carbocycles. The molecule has 4 nitrogen and oxygen atoms in total. The second-order valence-corrected chi connectivity index (χ2v) is 5.26. The second kappa shape index (κ2) is 5.85. The van der Waals surface area contributed by atoms with Crippen molar-refractivity contribution in [1.82, 2.24) is 5.32 Å². The molecule has 0 aliphatic carbocycles. The van der Waals surface area contributed by atoms with E-state index in [9.17, 15) is 10.2 Å². The van der Waals surface area contributed by atoms with Crippen molar-refractivity contribution in [1.29, 1.82) is 0 Å². The molecule has 0 bridgehead atoms. The summed E-state index contributed by atoms with van der Waals surface area (Å²) in [5.74, 6) is 0.666. The number of fused-ring (bicyclic) bond motifs is 2. The zero-order valence-corrected chi connectivity index (χ0v) is 11.9. The van der Waals surface area contributed by atoms with Crippen molar-refractivity contribution in [3.05, 3.63) is 64.7 Å². The van der Waals surface area contributed by atoms with Gasteiger partial charge < -0.3 is 20.3 Å². The molecular weight excluding hydrogens is 266 g/mol. The first-order chi connectivity index (χ1) is 10.2. The zero-order chi connectivity index (χ0) is 14.8. The minimum atomic E-state index is -0.736. The van der Waals surface area contributed by atoms with E-state index in [0.717, 1.165) is 16.7 Å². The molecule has 1 heterocycles. The van der Waals surface area contributed by atoms with Gasteiger partial charge >= 0.3 is 0 Å². The number of nitrogens with one attached hydrogen (secondary N) is 1. The number of hydrogen-bond donors (Lipinski definition) is 3. The third-order valence-electron chi connectivity index (χ3n) is 3.84. The molecule has 0 amide bonds. The lowest BCUT2D eigenvalue weighted by Crippen LogP contribution is -2.17. The highest BCUT2D eigenvalue weighted by Crippen LogP contribution is 2.37. The van der Waals surface area contributed by atoms with Crippen molar-refractivity contribution in [2.75, 3.05) is 13.6 Å². The fraction of sp³-hybridized carbons (Fsp3) is 0.294. The van der Waals surface area contributed by atoms with Gasteiger partial charge in [-0.2, -0.15) is 0 Å². The molecule has 0 saturated carbocycles. The van der Waals surface area contributed by atoms with Crippen LogP contribution in [0.25, 0.3) is 0 Å². The van der Waals surface area contributed by atoms with Gasteiger partial charge in [-0.15, -0.1) is 0 Å². The number of rotatable bonds is 3. The van der Waals surface area contributed by atoms with Crippen LogP contribution in [0.1, 0.15) is 34.5 Å². The maximum Gasteiger partial charge on any atom is 0.125 e. The van der Waals surface area contributed by atoms with Gasteiger partial charge in [0.25, 0.3) is 0 Å². The molecule has 0 spiro atoms. The van der Waals surface area contributed by atoms with E-state index in [1.165, 1.54) is 0 Å². The fourth-order valence-corrected chi connectivity index (χ4v) is 2.69. The average molecular weight is 285 g/mol. The predicted octanol–water partition coefficient (Wildman–Crippen LogP) is 1.91. The summed E-state index contributed by atoms with van der Waals surface area (Å²) in [6, 6.07) is 13.2. The summed E-state index contributed by atoms with van der Waals surface area (Å²) in [6.07, 6.45) is -1.34. The molecule has 2 unspecified atom stereocenters. The second-order valence-electron chi connectivity index (χ2n) is 5.26. The Morgan fingerprint density at radius 2 is 2.05 bits per heavy atom. The summed E-state index contributed by atoms with van der Waals surface area (Å²) in [4.78, 5) is 0. The van der Waals surface area contributed by atoms with Crippen LogP contribution in [0.2, 0.25) is 0 Å². The maximum atomic E-state index is 10.7. The summed E-state index contributed by atoms with van der Waals surface area (Å²) in [7, 11) is 1.79. The van der Waals surface area contributed by atoms with Gasteiger partial charge in [-0.05, 0) is 35.9 Å². The molecule has 110 valence electrons. The lowest BCUT2D eigenvalue weighted by atomic mass is 9.95. The van der Waals surface area contributed by atoms with E-state index in [1.54, 1.807) is 7.05 Å². The van der Waals surface area contributed by atoms with E-state index in [1.807, 2.05) is 42.5 Å². The van der Waals surface area contributed by atoms with Crippen LogP contribution in [0.3, 0.4) is 0 Å². The smallest absolute Gasteiger partial charge is 0.125 e. The summed E-state index contributed by atoms with van der Waals surface area (Å²) in [5, 5.41) is 23.7. The van der Waals surface area contributed by atoms with Crippen LogP contribution in [0, 0.1) is 0 Å². The highest BCUT2D eigenvalue weighted by molar-refractivity contribution is 5.47. The van der Waals surface area contributed by atoms with Crippen molar-refractivity contribution < 1.29 is 14.9 Å². The van der Waals surface area contributed by atoms with Crippen molar-refractivity contribution >= 4 is 0 Å². The summed E-state index contributed by atoms with van der Waals surface area (Å²) in [5.41, 5.74) is 3.31. The number of hydrogen-bond acceptors (Lipinski definition) is 4. The van der Waals surface area contributed by atoms with Gasteiger partial charge in [0.1, 0.15) is 18.5 Å². The van der Waals surface area contributed by atoms with Crippen LogP contribution in [0.5, 0.6) is 5.75 Å². The molecule has 3 rings (SSSR count). The lowest BCUT2D eigenvalue weighted by Gasteiger charge is -2.16. The molecule has 21 heavy (non-hydrogen) atoms. The van der Waals surface area contributed by atoms with E-state index in [4.69, 9.17) is 4.74 Å². The Morgan fingerprint density at radius 3 is 2.86 bits per heavy atom. The van der Waals surface area contributed by atoms with Gasteiger partial charge in [-0.3, -0.25) is 0 Å². The van der Waals surface area contributed by atoms with Crippen LogP contribution in [0.4, 0.5) is 0 Å². The van der Waals surface area contributed by atoms with Gasteiger partial charge in [0.2, 0.25) is 0 Å². The van der Waals surface area contributed by atoms with E-state index in [2.05, 4.69) is 5.32 Å². The standard InChI is InChI=1S/C17H19NO3/c1-18-9-15(19)11-6-7-16-14(8-11)17(20)13-5-3-2-4-12(13)10-21-16/h2-8,15,17-20H,9-10H2,1H3. The third kappa shape index (κ3) is 2.65. The number of likely N-dealkylation sites (N-methyl/N-ethyl adjacent to an activating group) is 1. The molecule has 2 aromatic rings. The van der Waals surface area contributed by atoms with Crippen molar-refractivity contribution in [2.45, 2.75) is 18.8 Å². The molecule has 3 N–H and O–H groups in total. The van der Waals surface area contributed by atoms with Crippen LogP contribution in [0.15, 0.2) is 42.5 Å². The summed E-state index contributed by atoms with van der Waals surface area (Å²) < 4.78 is 5.78. The number of ether oxygens (including phenoxy) is 1. The highest BCUT2D eigenvalue weighted by atomic mass is 16.5. The Bertz CT molecular complexity index is 642. The minimum Gasteiger partial charge on any atom is -0.488 e. The van der Waals surface area contributed by atoms with Crippen LogP contribution in [-0.2, 0) is 6.61 Å². The Hall–Kier alpha value is -1.88. The van der Waals surface area contributed by atoms with Gasteiger partial charge in [0.15, 0.2) is 0 Å². The van der Waals surface area contributed by atoms with Crippen LogP contribution in [-0.4, -0.2) is 23.8 Å². The fourth-order valence-electron chi connectivity index (χ4n) is 2.69. The van der Waals surface area contributed by atoms with Gasteiger partial charge in [0, 0.05) is 12.1 Å². The first-order valence-corrected chi connectivity index (χ1v) is 7.06. The Kier molecular flexibility index (Phi) is 3.92.